The zero-order valence-corrected chi connectivity index (χ0v) is 13.4. The molecule has 3 nitrogen and oxygen atoms in total. The molecule has 0 bridgehead atoms. The smallest absolute Gasteiger partial charge is 0.261 e. The van der Waals surface area contributed by atoms with Gasteiger partial charge in [-0.1, -0.05) is 17.7 Å². The molecule has 0 aliphatic rings. The molecule has 0 unspecified atom stereocenters. The molecule has 2 rings (SSSR count). The molecule has 0 amide bonds. The molecule has 0 aliphatic heterocycles. The number of anilines is 1. The average Bonchev–Trinajstić information content (AvgIpc) is 2.43. The maximum atomic E-state index is 12.2. The molecule has 0 saturated heterocycles. The Labute approximate surface area is 128 Å². The molecule has 2 aromatic rings. The molecule has 6 heteroatoms. The maximum absolute atomic E-state index is 12.2. The number of halogens is 1. The topological polar surface area (TPSA) is 46.2 Å². The summed E-state index contributed by atoms with van der Waals surface area (Å²) in [6.45, 7) is 1.86. The molecule has 0 saturated carbocycles. The van der Waals surface area contributed by atoms with Crippen LogP contribution in [0.1, 0.15) is 5.56 Å². The molecule has 0 atom stereocenters. The van der Waals surface area contributed by atoms with Gasteiger partial charge in [-0.15, -0.1) is 11.8 Å². The Hall–Kier alpha value is -1.17. The number of thioether (sulfide) groups is 1. The molecule has 0 aromatic heterocycles. The van der Waals surface area contributed by atoms with Crippen LogP contribution in [0.15, 0.2) is 52.3 Å². The molecule has 0 fully saturated rings. The normalized spacial score (nSPS) is 11.3. The SMILES string of the molecule is CSc1ccc(S(=O)(=O)Nc2ccc(C)c(Cl)c2)cc1. The zero-order valence-electron chi connectivity index (χ0n) is 11.1. The van der Waals surface area contributed by atoms with E-state index < -0.39 is 10.0 Å². The maximum Gasteiger partial charge on any atom is 0.261 e. The summed E-state index contributed by atoms with van der Waals surface area (Å²) in [4.78, 5) is 1.24. The predicted octanol–water partition coefficient (Wildman–Crippen LogP) is 4.17. The van der Waals surface area contributed by atoms with Crippen LogP contribution in [0.3, 0.4) is 0 Å². The van der Waals surface area contributed by atoms with Crippen molar-refractivity contribution < 1.29 is 8.42 Å². The summed E-state index contributed by atoms with van der Waals surface area (Å²) in [5.74, 6) is 0. The fourth-order valence-corrected chi connectivity index (χ4v) is 3.26. The van der Waals surface area contributed by atoms with Crippen molar-refractivity contribution in [1.29, 1.82) is 0 Å². The van der Waals surface area contributed by atoms with Crippen LogP contribution in [0.5, 0.6) is 0 Å². The van der Waals surface area contributed by atoms with Gasteiger partial charge in [-0.2, -0.15) is 0 Å². The molecule has 1 N–H and O–H groups in total. The van der Waals surface area contributed by atoms with Crippen LogP contribution >= 0.6 is 23.4 Å². The molecule has 0 aliphatic carbocycles. The van der Waals surface area contributed by atoms with E-state index in [0.717, 1.165) is 10.5 Å². The van der Waals surface area contributed by atoms with Crippen molar-refractivity contribution in [3.63, 3.8) is 0 Å². The Bertz CT molecular complexity index is 712. The van der Waals surface area contributed by atoms with Crippen LogP contribution in [0, 0.1) is 6.92 Å². The minimum Gasteiger partial charge on any atom is -0.280 e. The number of hydrogen-bond donors (Lipinski definition) is 1. The summed E-state index contributed by atoms with van der Waals surface area (Å²) in [6.07, 6.45) is 1.94. The van der Waals surface area contributed by atoms with Gasteiger partial charge < -0.3 is 0 Å². The molecule has 0 heterocycles. The van der Waals surface area contributed by atoms with Crippen molar-refractivity contribution in [1.82, 2.24) is 0 Å². The fraction of sp³-hybridized carbons (Fsp3) is 0.143. The van der Waals surface area contributed by atoms with E-state index in [-0.39, 0.29) is 4.90 Å². The minimum absolute atomic E-state index is 0.229. The highest BCUT2D eigenvalue weighted by Gasteiger charge is 2.14. The number of aryl methyl sites for hydroxylation is 1. The number of sulfonamides is 1. The first-order chi connectivity index (χ1) is 9.42. The number of benzene rings is 2. The first kappa shape index (κ1) is 15.2. The fourth-order valence-electron chi connectivity index (χ4n) is 1.63. The van der Waals surface area contributed by atoms with Crippen LogP contribution in [-0.4, -0.2) is 14.7 Å². The number of hydrogen-bond acceptors (Lipinski definition) is 3. The minimum atomic E-state index is -3.59. The van der Waals surface area contributed by atoms with Crippen molar-refractivity contribution >= 4 is 39.1 Å². The second-order valence-corrected chi connectivity index (χ2v) is 7.21. The van der Waals surface area contributed by atoms with Gasteiger partial charge in [0.2, 0.25) is 0 Å². The lowest BCUT2D eigenvalue weighted by Gasteiger charge is -2.09. The summed E-state index contributed by atoms with van der Waals surface area (Å²) in [7, 11) is -3.59. The van der Waals surface area contributed by atoms with Crippen LogP contribution in [0.2, 0.25) is 5.02 Å². The highest BCUT2D eigenvalue weighted by Crippen LogP contribution is 2.23. The standard InChI is InChI=1S/C14H14ClNO2S2/c1-10-3-4-11(9-14(10)15)16-20(17,18)13-7-5-12(19-2)6-8-13/h3-9,16H,1-2H3. The van der Waals surface area contributed by atoms with Gasteiger partial charge in [-0.05, 0) is 55.1 Å². The lowest BCUT2D eigenvalue weighted by molar-refractivity contribution is 0.601. The first-order valence-electron chi connectivity index (χ1n) is 5.85. The summed E-state index contributed by atoms with van der Waals surface area (Å²) in [5.41, 5.74) is 1.36. The molecule has 106 valence electrons. The summed E-state index contributed by atoms with van der Waals surface area (Å²) < 4.78 is 27.0. The third-order valence-corrected chi connectivity index (χ3v) is 5.34. The van der Waals surface area contributed by atoms with Gasteiger partial charge in [0.25, 0.3) is 10.0 Å². The van der Waals surface area contributed by atoms with E-state index in [0.29, 0.717) is 10.7 Å². The Morgan fingerprint density at radius 3 is 2.30 bits per heavy atom. The van der Waals surface area contributed by atoms with Crippen LogP contribution in [0.4, 0.5) is 5.69 Å². The van der Waals surface area contributed by atoms with Gasteiger partial charge in [0.15, 0.2) is 0 Å². The highest BCUT2D eigenvalue weighted by atomic mass is 35.5. The second kappa shape index (κ2) is 6.08. The summed E-state index contributed by atoms with van der Waals surface area (Å²) in [5, 5.41) is 0.530. The summed E-state index contributed by atoms with van der Waals surface area (Å²) in [6, 6.07) is 11.8. The van der Waals surface area contributed by atoms with E-state index in [4.69, 9.17) is 11.6 Å². The van der Waals surface area contributed by atoms with E-state index in [9.17, 15) is 8.42 Å². The predicted molar refractivity (Wildman–Crippen MR) is 85.2 cm³/mol. The van der Waals surface area contributed by atoms with Crippen molar-refractivity contribution in [3.05, 3.63) is 53.1 Å². The quantitative estimate of drug-likeness (QED) is 0.857. The van der Waals surface area contributed by atoms with Gasteiger partial charge in [-0.3, -0.25) is 4.72 Å². The van der Waals surface area contributed by atoms with Gasteiger partial charge in [-0.25, -0.2) is 8.42 Å². The lowest BCUT2D eigenvalue weighted by Crippen LogP contribution is -2.12. The Morgan fingerprint density at radius 1 is 1.10 bits per heavy atom. The highest BCUT2D eigenvalue weighted by molar-refractivity contribution is 7.98. The van der Waals surface area contributed by atoms with Crippen molar-refractivity contribution in [2.75, 3.05) is 11.0 Å². The van der Waals surface area contributed by atoms with Gasteiger partial charge in [0, 0.05) is 9.92 Å². The summed E-state index contributed by atoms with van der Waals surface area (Å²) >= 11 is 7.55. The second-order valence-electron chi connectivity index (χ2n) is 4.24. The lowest BCUT2D eigenvalue weighted by atomic mass is 10.2. The third kappa shape index (κ3) is 3.48. The Kier molecular flexibility index (Phi) is 4.62. The third-order valence-electron chi connectivity index (χ3n) is 2.79. The molecule has 0 spiro atoms. The van der Waals surface area contributed by atoms with Gasteiger partial charge >= 0.3 is 0 Å². The van der Waals surface area contributed by atoms with E-state index in [1.807, 2.05) is 13.2 Å². The Balaban J connectivity index is 2.27. The van der Waals surface area contributed by atoms with Crippen molar-refractivity contribution in [3.8, 4) is 0 Å². The molecule has 20 heavy (non-hydrogen) atoms. The van der Waals surface area contributed by atoms with Crippen molar-refractivity contribution in [2.24, 2.45) is 0 Å². The van der Waals surface area contributed by atoms with E-state index in [1.165, 1.54) is 0 Å². The molecule has 0 radical (unpaired) electrons. The van der Waals surface area contributed by atoms with Crippen LogP contribution in [0.25, 0.3) is 0 Å². The zero-order chi connectivity index (χ0) is 14.8. The van der Waals surface area contributed by atoms with Crippen molar-refractivity contribution in [2.45, 2.75) is 16.7 Å². The largest absolute Gasteiger partial charge is 0.280 e. The number of rotatable bonds is 4. The monoisotopic (exact) mass is 327 g/mol. The van der Waals surface area contributed by atoms with Gasteiger partial charge in [0.1, 0.15) is 0 Å². The Morgan fingerprint density at radius 2 is 1.75 bits per heavy atom. The first-order valence-corrected chi connectivity index (χ1v) is 8.94. The molecule has 2 aromatic carbocycles. The molecular weight excluding hydrogens is 314 g/mol. The average molecular weight is 328 g/mol. The van der Waals surface area contributed by atoms with Gasteiger partial charge in [0.05, 0.1) is 10.6 Å². The van der Waals surface area contributed by atoms with E-state index in [2.05, 4.69) is 4.72 Å². The van der Waals surface area contributed by atoms with Crippen LogP contribution < -0.4 is 4.72 Å². The molecular formula is C14H14ClNO2S2. The number of nitrogens with one attached hydrogen (secondary N) is 1. The van der Waals surface area contributed by atoms with E-state index in [1.54, 1.807) is 54.2 Å². The van der Waals surface area contributed by atoms with Crippen LogP contribution in [-0.2, 0) is 10.0 Å². The van der Waals surface area contributed by atoms with E-state index >= 15 is 0 Å².